The molecule has 1 heterocycles. The molecule has 5 nitrogen and oxygen atoms in total. The summed E-state index contributed by atoms with van der Waals surface area (Å²) < 4.78 is 0. The maximum Gasteiger partial charge on any atom is 0.252 e. The molecule has 1 aliphatic rings. The van der Waals surface area contributed by atoms with E-state index >= 15 is 0 Å². The van der Waals surface area contributed by atoms with Crippen LogP contribution in [0.15, 0.2) is 18.5 Å². The Morgan fingerprint density at radius 3 is 2.89 bits per heavy atom. The van der Waals surface area contributed by atoms with Gasteiger partial charge >= 0.3 is 0 Å². The Morgan fingerprint density at radius 1 is 1.42 bits per heavy atom. The number of hydrogen-bond acceptors (Lipinski definition) is 4. The van der Waals surface area contributed by atoms with Crippen molar-refractivity contribution in [3.8, 4) is 0 Å². The highest BCUT2D eigenvalue weighted by atomic mass is 16.1. The molecule has 0 unspecified atom stereocenters. The van der Waals surface area contributed by atoms with Crippen LogP contribution in [0, 0.1) is 0 Å². The van der Waals surface area contributed by atoms with Gasteiger partial charge in [-0.3, -0.25) is 9.78 Å². The topological polar surface area (TPSA) is 57.3 Å². The summed E-state index contributed by atoms with van der Waals surface area (Å²) in [5, 5.41) is 6.26. The number of amides is 1. The number of nitrogens with one attached hydrogen (secondary N) is 2. The van der Waals surface area contributed by atoms with Crippen LogP contribution >= 0.6 is 0 Å². The summed E-state index contributed by atoms with van der Waals surface area (Å²) in [5.41, 5.74) is 1.55. The first-order chi connectivity index (χ1) is 9.15. The Balaban J connectivity index is 1.80. The summed E-state index contributed by atoms with van der Waals surface area (Å²) >= 11 is 0. The lowest BCUT2D eigenvalue weighted by Crippen LogP contribution is -2.27. The van der Waals surface area contributed by atoms with Crippen molar-refractivity contribution in [2.75, 3.05) is 32.5 Å². The summed E-state index contributed by atoms with van der Waals surface area (Å²) in [4.78, 5) is 18.2. The van der Waals surface area contributed by atoms with Gasteiger partial charge in [-0.05, 0) is 46.0 Å². The molecule has 0 aliphatic heterocycles. The molecule has 0 saturated heterocycles. The van der Waals surface area contributed by atoms with Crippen molar-refractivity contribution in [2.45, 2.75) is 25.3 Å². The van der Waals surface area contributed by atoms with Crippen LogP contribution in [0.5, 0.6) is 0 Å². The molecule has 1 aromatic heterocycles. The molecule has 1 amide bonds. The van der Waals surface area contributed by atoms with E-state index < -0.39 is 0 Å². The zero-order valence-corrected chi connectivity index (χ0v) is 11.6. The van der Waals surface area contributed by atoms with Gasteiger partial charge in [0.15, 0.2) is 0 Å². The summed E-state index contributed by atoms with van der Waals surface area (Å²) in [6.07, 6.45) is 6.74. The highest BCUT2D eigenvalue weighted by molar-refractivity contribution is 5.94. The molecule has 1 fully saturated rings. The Morgan fingerprint density at radius 2 is 2.21 bits per heavy atom. The second-order valence-electron chi connectivity index (χ2n) is 5.29. The van der Waals surface area contributed by atoms with Crippen LogP contribution < -0.4 is 10.6 Å². The van der Waals surface area contributed by atoms with Gasteiger partial charge in [0.25, 0.3) is 5.91 Å². The minimum atomic E-state index is -0.0503. The van der Waals surface area contributed by atoms with E-state index in [0.29, 0.717) is 18.2 Å². The van der Waals surface area contributed by atoms with E-state index in [2.05, 4.69) is 20.5 Å². The molecule has 1 aromatic rings. The standard InChI is InChI=1S/C14H22N4O/c1-18(2)7-3-6-16-14(19)11-8-13(10-15-9-11)17-12-4-5-12/h8-10,12,17H,3-7H2,1-2H3,(H,16,19). The van der Waals surface area contributed by atoms with Crippen molar-refractivity contribution in [2.24, 2.45) is 0 Å². The predicted octanol–water partition coefficient (Wildman–Crippen LogP) is 1.34. The number of pyridine rings is 1. The van der Waals surface area contributed by atoms with Crippen LogP contribution in [0.3, 0.4) is 0 Å². The van der Waals surface area contributed by atoms with E-state index in [9.17, 15) is 4.79 Å². The number of rotatable bonds is 7. The number of hydrogen-bond donors (Lipinski definition) is 2. The molecule has 1 aliphatic carbocycles. The van der Waals surface area contributed by atoms with Crippen molar-refractivity contribution in [3.63, 3.8) is 0 Å². The number of nitrogens with zero attached hydrogens (tertiary/aromatic N) is 2. The van der Waals surface area contributed by atoms with Gasteiger partial charge in [-0.1, -0.05) is 0 Å². The van der Waals surface area contributed by atoms with Gasteiger partial charge in [-0.15, -0.1) is 0 Å². The first-order valence-corrected chi connectivity index (χ1v) is 6.79. The third-order valence-electron chi connectivity index (χ3n) is 3.02. The van der Waals surface area contributed by atoms with Gasteiger partial charge in [-0.25, -0.2) is 0 Å². The smallest absolute Gasteiger partial charge is 0.252 e. The lowest BCUT2D eigenvalue weighted by Gasteiger charge is -2.10. The lowest BCUT2D eigenvalue weighted by atomic mass is 10.2. The first-order valence-electron chi connectivity index (χ1n) is 6.79. The number of anilines is 1. The largest absolute Gasteiger partial charge is 0.381 e. The van der Waals surface area contributed by atoms with Crippen molar-refractivity contribution < 1.29 is 4.79 Å². The predicted molar refractivity (Wildman–Crippen MR) is 76.4 cm³/mol. The fraction of sp³-hybridized carbons (Fsp3) is 0.571. The molecule has 0 spiro atoms. The van der Waals surface area contributed by atoms with Crippen LogP contribution in [0.2, 0.25) is 0 Å². The van der Waals surface area contributed by atoms with Gasteiger partial charge in [0, 0.05) is 25.0 Å². The Kier molecular flexibility index (Phi) is 4.74. The molecule has 1 saturated carbocycles. The zero-order chi connectivity index (χ0) is 13.7. The third kappa shape index (κ3) is 4.87. The average Bonchev–Trinajstić information content (AvgIpc) is 3.18. The van der Waals surface area contributed by atoms with E-state index in [0.717, 1.165) is 18.7 Å². The molecular weight excluding hydrogens is 240 g/mol. The fourth-order valence-electron chi connectivity index (χ4n) is 1.81. The molecule has 104 valence electrons. The lowest BCUT2D eigenvalue weighted by molar-refractivity contribution is 0.0952. The van der Waals surface area contributed by atoms with E-state index in [-0.39, 0.29) is 5.91 Å². The number of carbonyl (C=O) groups excluding carboxylic acids is 1. The SMILES string of the molecule is CN(C)CCCNC(=O)c1cncc(NC2CC2)c1. The molecule has 19 heavy (non-hydrogen) atoms. The van der Waals surface area contributed by atoms with E-state index in [1.54, 1.807) is 12.4 Å². The van der Waals surface area contributed by atoms with Crippen LogP contribution in [0.1, 0.15) is 29.6 Å². The Hall–Kier alpha value is -1.62. The highest BCUT2D eigenvalue weighted by Gasteiger charge is 2.21. The highest BCUT2D eigenvalue weighted by Crippen LogP contribution is 2.24. The molecule has 2 rings (SSSR count). The summed E-state index contributed by atoms with van der Waals surface area (Å²) in [5.74, 6) is -0.0503. The van der Waals surface area contributed by atoms with Crippen molar-refractivity contribution in [1.29, 1.82) is 0 Å². The third-order valence-corrected chi connectivity index (χ3v) is 3.02. The fourth-order valence-corrected chi connectivity index (χ4v) is 1.81. The zero-order valence-electron chi connectivity index (χ0n) is 11.6. The summed E-state index contributed by atoms with van der Waals surface area (Å²) in [6, 6.07) is 2.44. The van der Waals surface area contributed by atoms with E-state index in [4.69, 9.17) is 0 Å². The summed E-state index contributed by atoms with van der Waals surface area (Å²) in [7, 11) is 4.05. The first kappa shape index (κ1) is 13.8. The van der Waals surface area contributed by atoms with E-state index in [1.807, 2.05) is 20.2 Å². The van der Waals surface area contributed by atoms with Crippen LogP contribution in [-0.2, 0) is 0 Å². The molecule has 0 bridgehead atoms. The molecule has 0 aromatic carbocycles. The molecule has 2 N–H and O–H groups in total. The maximum absolute atomic E-state index is 12.0. The monoisotopic (exact) mass is 262 g/mol. The van der Waals surface area contributed by atoms with Gasteiger partial charge in [-0.2, -0.15) is 0 Å². The number of aromatic nitrogens is 1. The second kappa shape index (κ2) is 6.52. The molecule has 0 radical (unpaired) electrons. The van der Waals surface area contributed by atoms with E-state index in [1.165, 1.54) is 12.8 Å². The average molecular weight is 262 g/mol. The minimum Gasteiger partial charge on any atom is -0.381 e. The van der Waals surface area contributed by atoms with Crippen molar-refractivity contribution in [3.05, 3.63) is 24.0 Å². The van der Waals surface area contributed by atoms with Crippen LogP contribution in [0.4, 0.5) is 5.69 Å². The van der Waals surface area contributed by atoms with Gasteiger partial charge < -0.3 is 15.5 Å². The summed E-state index contributed by atoms with van der Waals surface area (Å²) in [6.45, 7) is 1.67. The van der Waals surface area contributed by atoms with Crippen LogP contribution in [0.25, 0.3) is 0 Å². The maximum atomic E-state index is 12.0. The van der Waals surface area contributed by atoms with Crippen molar-refractivity contribution >= 4 is 11.6 Å². The molecular formula is C14H22N4O. The second-order valence-corrected chi connectivity index (χ2v) is 5.29. The number of carbonyl (C=O) groups is 1. The normalized spacial score (nSPS) is 14.5. The molecule has 5 heteroatoms. The molecule has 0 atom stereocenters. The Labute approximate surface area is 114 Å². The van der Waals surface area contributed by atoms with Gasteiger partial charge in [0.1, 0.15) is 0 Å². The minimum absolute atomic E-state index is 0.0503. The van der Waals surface area contributed by atoms with Crippen molar-refractivity contribution in [1.82, 2.24) is 15.2 Å². The van der Waals surface area contributed by atoms with Gasteiger partial charge in [0.2, 0.25) is 0 Å². The Bertz CT molecular complexity index is 429. The van der Waals surface area contributed by atoms with Crippen LogP contribution in [-0.4, -0.2) is 49.0 Å². The quantitative estimate of drug-likeness (QED) is 0.728. The van der Waals surface area contributed by atoms with Gasteiger partial charge in [0.05, 0.1) is 11.3 Å².